The lowest BCUT2D eigenvalue weighted by atomic mass is 9.98. The molecule has 132 valence electrons. The van der Waals surface area contributed by atoms with Crippen molar-refractivity contribution in [3.8, 4) is 0 Å². The van der Waals surface area contributed by atoms with E-state index in [0.717, 1.165) is 5.56 Å². The van der Waals surface area contributed by atoms with Gasteiger partial charge in [0.05, 0.1) is 12.5 Å². The largest absolute Gasteiger partial charge is 0.481 e. The highest BCUT2D eigenvalue weighted by Gasteiger charge is 2.21. The molecule has 2 rings (SSSR count). The molecular weight excluding hydrogens is 345 g/mol. The van der Waals surface area contributed by atoms with Crippen LogP contribution in [0.3, 0.4) is 0 Å². The second-order valence-corrected chi connectivity index (χ2v) is 6.38. The minimum absolute atomic E-state index is 0.268. The third-order valence-electron chi connectivity index (χ3n) is 3.85. The molecule has 2 atom stereocenters. The summed E-state index contributed by atoms with van der Waals surface area (Å²) in [7, 11) is 0. The fourth-order valence-corrected chi connectivity index (χ4v) is 2.76. The molecule has 0 fully saturated rings. The molecule has 0 aliphatic carbocycles. The Labute approximate surface area is 150 Å². The molecule has 0 bridgehead atoms. The van der Waals surface area contributed by atoms with E-state index in [2.05, 4.69) is 5.32 Å². The van der Waals surface area contributed by atoms with Crippen molar-refractivity contribution in [2.75, 3.05) is 0 Å². The highest BCUT2D eigenvalue weighted by atomic mass is 35.5. The van der Waals surface area contributed by atoms with Crippen LogP contribution in [-0.2, 0) is 16.0 Å². The Balaban J connectivity index is 2.07. The number of aliphatic carboxylic acids is 1. The molecule has 1 amide bonds. The standard InChI is InChI=1S/C19H19ClFNO3/c1-12(9-13-3-2-4-15(20)10-13)19(25)22-17(11-18(23)24)14-5-7-16(21)8-6-14/h2-8,10,12,17H,9,11H2,1H3,(H,22,25)(H,23,24). The smallest absolute Gasteiger partial charge is 0.305 e. The van der Waals surface area contributed by atoms with E-state index in [9.17, 15) is 14.0 Å². The van der Waals surface area contributed by atoms with Crippen LogP contribution in [0, 0.1) is 11.7 Å². The molecule has 0 saturated heterocycles. The van der Waals surface area contributed by atoms with Gasteiger partial charge in [0.15, 0.2) is 0 Å². The number of carbonyl (C=O) groups excluding carboxylic acids is 1. The van der Waals surface area contributed by atoms with E-state index in [4.69, 9.17) is 16.7 Å². The molecule has 4 nitrogen and oxygen atoms in total. The van der Waals surface area contributed by atoms with Gasteiger partial charge in [-0.25, -0.2) is 4.39 Å². The summed E-state index contributed by atoms with van der Waals surface area (Å²) in [4.78, 5) is 23.5. The highest BCUT2D eigenvalue weighted by molar-refractivity contribution is 6.30. The van der Waals surface area contributed by atoms with Crippen molar-refractivity contribution in [1.82, 2.24) is 5.32 Å². The number of hydrogen-bond donors (Lipinski definition) is 2. The first-order valence-corrected chi connectivity index (χ1v) is 8.25. The molecule has 0 aromatic heterocycles. The molecule has 0 saturated carbocycles. The molecule has 0 heterocycles. The third-order valence-corrected chi connectivity index (χ3v) is 4.08. The van der Waals surface area contributed by atoms with Crippen molar-refractivity contribution in [3.63, 3.8) is 0 Å². The first kappa shape index (κ1) is 18.9. The number of nitrogens with one attached hydrogen (secondary N) is 1. The molecule has 2 N–H and O–H groups in total. The van der Waals surface area contributed by atoms with Crippen LogP contribution >= 0.6 is 11.6 Å². The maximum Gasteiger partial charge on any atom is 0.305 e. The lowest BCUT2D eigenvalue weighted by molar-refractivity contribution is -0.137. The summed E-state index contributed by atoms with van der Waals surface area (Å²) in [5.41, 5.74) is 1.47. The van der Waals surface area contributed by atoms with Crippen molar-refractivity contribution in [1.29, 1.82) is 0 Å². The van der Waals surface area contributed by atoms with Gasteiger partial charge in [0.1, 0.15) is 5.82 Å². The molecular formula is C19H19ClFNO3. The number of halogens is 2. The maximum absolute atomic E-state index is 13.1. The summed E-state index contributed by atoms with van der Waals surface area (Å²) in [5.74, 6) is -2.10. The van der Waals surface area contributed by atoms with Crippen LogP contribution in [0.25, 0.3) is 0 Å². The number of rotatable bonds is 7. The van der Waals surface area contributed by atoms with Gasteiger partial charge in [0.2, 0.25) is 5.91 Å². The van der Waals surface area contributed by atoms with E-state index >= 15 is 0 Å². The van der Waals surface area contributed by atoms with E-state index in [0.29, 0.717) is 17.0 Å². The summed E-state index contributed by atoms with van der Waals surface area (Å²) in [6.07, 6.45) is 0.205. The topological polar surface area (TPSA) is 66.4 Å². The first-order chi connectivity index (χ1) is 11.8. The molecule has 0 aliphatic heterocycles. The van der Waals surface area contributed by atoms with E-state index < -0.39 is 17.8 Å². The Kier molecular flexibility index (Phi) is 6.53. The first-order valence-electron chi connectivity index (χ1n) is 7.87. The Morgan fingerprint density at radius 1 is 1.20 bits per heavy atom. The normalized spacial score (nSPS) is 13.1. The van der Waals surface area contributed by atoms with Gasteiger partial charge in [0.25, 0.3) is 0 Å². The average Bonchev–Trinajstić information content (AvgIpc) is 2.54. The van der Waals surface area contributed by atoms with Crippen LogP contribution in [-0.4, -0.2) is 17.0 Å². The van der Waals surface area contributed by atoms with Crippen LogP contribution in [0.4, 0.5) is 4.39 Å². The Morgan fingerprint density at radius 2 is 1.88 bits per heavy atom. The summed E-state index contributed by atoms with van der Waals surface area (Å²) in [5, 5.41) is 12.4. The number of carboxylic acid groups (broad SMARTS) is 1. The molecule has 2 aromatic carbocycles. The van der Waals surface area contributed by atoms with Gasteiger partial charge in [-0.3, -0.25) is 9.59 Å². The third kappa shape index (κ3) is 5.87. The molecule has 2 unspecified atom stereocenters. The summed E-state index contributed by atoms with van der Waals surface area (Å²) >= 11 is 5.95. The number of carbonyl (C=O) groups is 2. The van der Waals surface area contributed by atoms with Crippen molar-refractivity contribution >= 4 is 23.5 Å². The minimum atomic E-state index is -1.04. The van der Waals surface area contributed by atoms with Crippen molar-refractivity contribution in [2.45, 2.75) is 25.8 Å². The van der Waals surface area contributed by atoms with Crippen molar-refractivity contribution < 1.29 is 19.1 Å². The van der Waals surface area contributed by atoms with Gasteiger partial charge in [0, 0.05) is 10.9 Å². The lowest BCUT2D eigenvalue weighted by Gasteiger charge is -2.20. The monoisotopic (exact) mass is 363 g/mol. The zero-order chi connectivity index (χ0) is 18.4. The van der Waals surface area contributed by atoms with Gasteiger partial charge in [-0.1, -0.05) is 42.8 Å². The van der Waals surface area contributed by atoms with Gasteiger partial charge in [-0.05, 0) is 41.8 Å². The zero-order valence-corrected chi connectivity index (χ0v) is 14.5. The fourth-order valence-electron chi connectivity index (χ4n) is 2.55. The predicted octanol–water partition coefficient (Wildman–Crippen LogP) is 3.99. The molecule has 25 heavy (non-hydrogen) atoms. The van der Waals surface area contributed by atoms with Crippen LogP contribution in [0.2, 0.25) is 5.02 Å². The zero-order valence-electron chi connectivity index (χ0n) is 13.7. The van der Waals surface area contributed by atoms with E-state index in [1.165, 1.54) is 24.3 Å². The molecule has 0 radical (unpaired) electrons. The van der Waals surface area contributed by atoms with Crippen molar-refractivity contribution in [3.05, 3.63) is 70.5 Å². The molecule has 6 heteroatoms. The summed E-state index contributed by atoms with van der Waals surface area (Å²) < 4.78 is 13.1. The predicted molar refractivity (Wildman–Crippen MR) is 93.9 cm³/mol. The van der Waals surface area contributed by atoms with E-state index in [1.807, 2.05) is 12.1 Å². The quantitative estimate of drug-likeness (QED) is 0.781. The highest BCUT2D eigenvalue weighted by Crippen LogP contribution is 2.20. The fraction of sp³-hybridized carbons (Fsp3) is 0.263. The van der Waals surface area contributed by atoms with Crippen molar-refractivity contribution in [2.24, 2.45) is 5.92 Å². The lowest BCUT2D eigenvalue weighted by Crippen LogP contribution is -2.34. The molecule has 0 aliphatic rings. The van der Waals surface area contributed by atoms with Crippen LogP contribution < -0.4 is 5.32 Å². The second kappa shape index (κ2) is 8.62. The van der Waals surface area contributed by atoms with E-state index in [1.54, 1.807) is 19.1 Å². The van der Waals surface area contributed by atoms with Gasteiger partial charge in [-0.2, -0.15) is 0 Å². The number of benzene rings is 2. The van der Waals surface area contributed by atoms with Crippen LogP contribution in [0.5, 0.6) is 0 Å². The van der Waals surface area contributed by atoms with E-state index in [-0.39, 0.29) is 18.2 Å². The summed E-state index contributed by atoms with van der Waals surface area (Å²) in [6.45, 7) is 1.76. The molecule has 2 aromatic rings. The Hall–Kier alpha value is -2.40. The number of amides is 1. The second-order valence-electron chi connectivity index (χ2n) is 5.95. The minimum Gasteiger partial charge on any atom is -0.481 e. The van der Waals surface area contributed by atoms with Gasteiger partial charge >= 0.3 is 5.97 Å². The number of hydrogen-bond acceptors (Lipinski definition) is 2. The molecule has 0 spiro atoms. The Morgan fingerprint density at radius 3 is 2.48 bits per heavy atom. The van der Waals surface area contributed by atoms with Gasteiger partial charge in [-0.15, -0.1) is 0 Å². The SMILES string of the molecule is CC(Cc1cccc(Cl)c1)C(=O)NC(CC(=O)O)c1ccc(F)cc1. The Bertz CT molecular complexity index is 749. The average molecular weight is 364 g/mol. The number of carboxylic acids is 1. The summed E-state index contributed by atoms with van der Waals surface area (Å²) in [6, 6.07) is 12.0. The maximum atomic E-state index is 13.1. The van der Waals surface area contributed by atoms with Crippen LogP contribution in [0.15, 0.2) is 48.5 Å². The van der Waals surface area contributed by atoms with Crippen LogP contribution in [0.1, 0.15) is 30.5 Å². The van der Waals surface area contributed by atoms with Gasteiger partial charge < -0.3 is 10.4 Å².